The lowest BCUT2D eigenvalue weighted by Crippen LogP contribution is -2.31. The summed E-state index contributed by atoms with van der Waals surface area (Å²) in [5, 5.41) is 3.03. The van der Waals surface area contributed by atoms with Gasteiger partial charge in [0.15, 0.2) is 0 Å². The Morgan fingerprint density at radius 2 is 2.05 bits per heavy atom. The van der Waals surface area contributed by atoms with E-state index < -0.39 is 10.0 Å². The molecule has 0 aliphatic heterocycles. The van der Waals surface area contributed by atoms with E-state index >= 15 is 0 Å². The highest BCUT2D eigenvalue weighted by molar-refractivity contribution is 7.89. The molecule has 1 rings (SSSR count). The molecule has 0 fully saturated rings. The van der Waals surface area contributed by atoms with Crippen LogP contribution in [0.25, 0.3) is 0 Å². The molecule has 108 valence electrons. The maximum atomic E-state index is 12.5. The molecule has 6 heteroatoms. The van der Waals surface area contributed by atoms with Gasteiger partial charge in [0, 0.05) is 31.9 Å². The van der Waals surface area contributed by atoms with Gasteiger partial charge in [0.2, 0.25) is 10.0 Å². The van der Waals surface area contributed by atoms with Crippen molar-refractivity contribution < 1.29 is 8.42 Å². The van der Waals surface area contributed by atoms with Gasteiger partial charge in [-0.15, -0.1) is 0 Å². The summed E-state index contributed by atoms with van der Waals surface area (Å²) in [7, 11) is -3.41. The first-order chi connectivity index (χ1) is 9.06. The van der Waals surface area contributed by atoms with Crippen molar-refractivity contribution in [3.05, 3.63) is 18.3 Å². The van der Waals surface area contributed by atoms with Gasteiger partial charge in [0.1, 0.15) is 5.82 Å². The SMILES string of the molecule is CCCCN(CC)S(=O)(=O)c1ccnc(NCC)c1. The van der Waals surface area contributed by atoms with Crippen molar-refractivity contribution >= 4 is 15.8 Å². The molecular weight excluding hydrogens is 262 g/mol. The molecule has 0 aliphatic rings. The standard InChI is InChI=1S/C13H23N3O2S/c1-4-7-10-16(6-3)19(17,18)12-8-9-15-13(11-12)14-5-2/h8-9,11H,4-7,10H2,1-3H3,(H,14,15). The van der Waals surface area contributed by atoms with Gasteiger partial charge in [-0.25, -0.2) is 13.4 Å². The van der Waals surface area contributed by atoms with Crippen molar-refractivity contribution in [2.24, 2.45) is 0 Å². The number of anilines is 1. The maximum Gasteiger partial charge on any atom is 0.243 e. The topological polar surface area (TPSA) is 62.3 Å². The summed E-state index contributed by atoms with van der Waals surface area (Å²) in [5.41, 5.74) is 0. The fourth-order valence-corrected chi connectivity index (χ4v) is 3.28. The normalized spacial score (nSPS) is 11.8. The lowest BCUT2D eigenvalue weighted by Gasteiger charge is -2.20. The molecule has 0 aliphatic carbocycles. The molecule has 0 bridgehead atoms. The van der Waals surface area contributed by atoms with Crippen LogP contribution in [0.3, 0.4) is 0 Å². The average molecular weight is 285 g/mol. The van der Waals surface area contributed by atoms with Gasteiger partial charge in [-0.05, 0) is 19.4 Å². The number of rotatable bonds is 8. The van der Waals surface area contributed by atoms with E-state index in [1.165, 1.54) is 10.5 Å². The number of hydrogen-bond donors (Lipinski definition) is 1. The number of aromatic nitrogens is 1. The predicted octanol–water partition coefficient (Wildman–Crippen LogP) is 2.32. The Morgan fingerprint density at radius 1 is 1.32 bits per heavy atom. The van der Waals surface area contributed by atoms with Crippen LogP contribution >= 0.6 is 0 Å². The second-order valence-corrected chi connectivity index (χ2v) is 6.20. The highest BCUT2D eigenvalue weighted by atomic mass is 32.2. The first-order valence-electron chi connectivity index (χ1n) is 6.76. The van der Waals surface area contributed by atoms with Crippen molar-refractivity contribution in [3.8, 4) is 0 Å². The van der Waals surface area contributed by atoms with E-state index in [2.05, 4.69) is 17.2 Å². The summed E-state index contributed by atoms with van der Waals surface area (Å²) in [6.45, 7) is 7.62. The van der Waals surface area contributed by atoms with Gasteiger partial charge in [-0.2, -0.15) is 4.31 Å². The predicted molar refractivity (Wildman–Crippen MR) is 77.7 cm³/mol. The van der Waals surface area contributed by atoms with Gasteiger partial charge in [0.05, 0.1) is 4.90 Å². The molecule has 0 amide bonds. The molecular formula is C13H23N3O2S. The number of nitrogens with one attached hydrogen (secondary N) is 1. The fraction of sp³-hybridized carbons (Fsp3) is 0.615. The van der Waals surface area contributed by atoms with Crippen LogP contribution < -0.4 is 5.32 Å². The number of hydrogen-bond acceptors (Lipinski definition) is 4. The van der Waals surface area contributed by atoms with Crippen LogP contribution in [-0.2, 0) is 10.0 Å². The molecule has 0 radical (unpaired) electrons. The second-order valence-electron chi connectivity index (χ2n) is 4.26. The highest BCUT2D eigenvalue weighted by Gasteiger charge is 2.22. The van der Waals surface area contributed by atoms with Gasteiger partial charge in [-0.1, -0.05) is 20.3 Å². The first kappa shape index (κ1) is 15.9. The van der Waals surface area contributed by atoms with Crippen LogP contribution in [0.5, 0.6) is 0 Å². The summed E-state index contributed by atoms with van der Waals surface area (Å²) in [5.74, 6) is 0.593. The Bertz CT molecular complexity index is 488. The number of nitrogens with zero attached hydrogens (tertiary/aromatic N) is 2. The second kappa shape index (κ2) is 7.45. The van der Waals surface area contributed by atoms with E-state index in [0.717, 1.165) is 12.8 Å². The van der Waals surface area contributed by atoms with Crippen LogP contribution in [0.15, 0.2) is 23.2 Å². The Labute approximate surface area is 116 Å². The van der Waals surface area contributed by atoms with Crippen LogP contribution in [-0.4, -0.2) is 37.3 Å². The zero-order valence-corrected chi connectivity index (χ0v) is 12.7. The van der Waals surface area contributed by atoms with Crippen LogP contribution in [0, 0.1) is 0 Å². The van der Waals surface area contributed by atoms with Crippen molar-refractivity contribution in [1.82, 2.24) is 9.29 Å². The average Bonchev–Trinajstić information content (AvgIpc) is 2.40. The summed E-state index contributed by atoms with van der Waals surface area (Å²) < 4.78 is 26.5. The zero-order valence-electron chi connectivity index (χ0n) is 11.9. The van der Waals surface area contributed by atoms with E-state index in [1.54, 1.807) is 12.1 Å². The Balaban J connectivity index is 3.00. The Kier molecular flexibility index (Phi) is 6.24. The van der Waals surface area contributed by atoms with E-state index in [1.807, 2.05) is 13.8 Å². The maximum absolute atomic E-state index is 12.5. The lowest BCUT2D eigenvalue weighted by molar-refractivity contribution is 0.419. The monoisotopic (exact) mass is 285 g/mol. The zero-order chi connectivity index (χ0) is 14.3. The molecule has 0 saturated carbocycles. The van der Waals surface area contributed by atoms with Gasteiger partial charge in [-0.3, -0.25) is 0 Å². The molecule has 1 aromatic rings. The third kappa shape index (κ3) is 4.18. The van der Waals surface area contributed by atoms with E-state index in [-0.39, 0.29) is 0 Å². The Hall–Kier alpha value is -1.14. The fourth-order valence-electron chi connectivity index (χ4n) is 1.78. The minimum Gasteiger partial charge on any atom is -0.370 e. The molecule has 1 aromatic heterocycles. The molecule has 0 atom stereocenters. The number of sulfonamides is 1. The van der Waals surface area contributed by atoms with E-state index in [9.17, 15) is 8.42 Å². The van der Waals surface area contributed by atoms with Crippen LogP contribution in [0.1, 0.15) is 33.6 Å². The van der Waals surface area contributed by atoms with Crippen molar-refractivity contribution in [2.75, 3.05) is 25.0 Å². The highest BCUT2D eigenvalue weighted by Crippen LogP contribution is 2.18. The molecule has 0 saturated heterocycles. The largest absolute Gasteiger partial charge is 0.370 e. The number of pyridine rings is 1. The van der Waals surface area contributed by atoms with Gasteiger partial charge < -0.3 is 5.32 Å². The molecule has 0 aromatic carbocycles. The first-order valence-corrected chi connectivity index (χ1v) is 8.20. The molecule has 1 N–H and O–H groups in total. The van der Waals surface area contributed by atoms with E-state index in [4.69, 9.17) is 0 Å². The van der Waals surface area contributed by atoms with Gasteiger partial charge in [0.25, 0.3) is 0 Å². The minimum atomic E-state index is -3.41. The van der Waals surface area contributed by atoms with Crippen molar-refractivity contribution in [1.29, 1.82) is 0 Å². The van der Waals surface area contributed by atoms with E-state index in [0.29, 0.717) is 30.3 Å². The molecule has 0 spiro atoms. The third-order valence-corrected chi connectivity index (χ3v) is 4.81. The smallest absolute Gasteiger partial charge is 0.243 e. The summed E-state index contributed by atoms with van der Waals surface area (Å²) >= 11 is 0. The molecule has 19 heavy (non-hydrogen) atoms. The molecule has 1 heterocycles. The summed E-state index contributed by atoms with van der Waals surface area (Å²) in [6.07, 6.45) is 3.38. The summed E-state index contributed by atoms with van der Waals surface area (Å²) in [6, 6.07) is 3.14. The number of unbranched alkanes of at least 4 members (excludes halogenated alkanes) is 1. The van der Waals surface area contributed by atoms with Crippen molar-refractivity contribution in [3.63, 3.8) is 0 Å². The van der Waals surface area contributed by atoms with Gasteiger partial charge >= 0.3 is 0 Å². The van der Waals surface area contributed by atoms with Crippen LogP contribution in [0.4, 0.5) is 5.82 Å². The lowest BCUT2D eigenvalue weighted by atomic mass is 10.3. The van der Waals surface area contributed by atoms with Crippen molar-refractivity contribution in [2.45, 2.75) is 38.5 Å². The quantitative estimate of drug-likeness (QED) is 0.796. The summed E-state index contributed by atoms with van der Waals surface area (Å²) in [4.78, 5) is 4.40. The van der Waals surface area contributed by atoms with Crippen LogP contribution in [0.2, 0.25) is 0 Å². The minimum absolute atomic E-state index is 0.302. The Morgan fingerprint density at radius 3 is 2.63 bits per heavy atom. The molecule has 0 unspecified atom stereocenters. The molecule has 5 nitrogen and oxygen atoms in total. The third-order valence-electron chi connectivity index (χ3n) is 2.84.